The third kappa shape index (κ3) is 2.46. The van der Waals surface area contributed by atoms with E-state index in [-0.39, 0.29) is 5.71 Å². The summed E-state index contributed by atoms with van der Waals surface area (Å²) in [6, 6.07) is 1.57. The number of β-lactam (4-membered cyclic amide) rings is 1. The number of carbonyl (C=O) groups is 3. The molecule has 0 bridgehead atoms. The maximum Gasteiger partial charge on any atom is 0.327 e. The molecule has 0 saturated carbocycles. The van der Waals surface area contributed by atoms with Gasteiger partial charge in [0.1, 0.15) is 17.5 Å². The first kappa shape index (κ1) is 16.8. The van der Waals surface area contributed by atoms with Gasteiger partial charge >= 0.3 is 5.97 Å². The molecule has 0 radical (unpaired) electrons. The van der Waals surface area contributed by atoms with Crippen LogP contribution in [0.3, 0.4) is 0 Å². The van der Waals surface area contributed by atoms with Crippen LogP contribution in [0.2, 0.25) is 0 Å². The molecular weight excluding hydrogens is 354 g/mol. The summed E-state index contributed by atoms with van der Waals surface area (Å²) in [5, 5.41) is 25.3. The van der Waals surface area contributed by atoms with Gasteiger partial charge in [0.2, 0.25) is 5.91 Å². The summed E-state index contributed by atoms with van der Waals surface area (Å²) in [4.78, 5) is 37.8. The van der Waals surface area contributed by atoms with Gasteiger partial charge in [0.15, 0.2) is 5.71 Å². The van der Waals surface area contributed by atoms with Gasteiger partial charge in [-0.3, -0.25) is 9.59 Å². The summed E-state index contributed by atoms with van der Waals surface area (Å²) in [5.41, 5.74) is -0.173. The molecule has 0 aliphatic carbocycles. The number of carboxylic acids is 1. The lowest BCUT2D eigenvalue weighted by Gasteiger charge is -2.43. The molecule has 1 aromatic rings. The van der Waals surface area contributed by atoms with Crippen LogP contribution in [-0.4, -0.2) is 60.9 Å². The summed E-state index contributed by atoms with van der Waals surface area (Å²) in [6.45, 7) is 3.51. The first-order valence-corrected chi connectivity index (χ1v) is 8.83. The molecule has 2 amide bonds. The molecule has 0 spiro atoms. The van der Waals surface area contributed by atoms with E-state index in [1.807, 2.05) is 0 Å². The van der Waals surface area contributed by atoms with Gasteiger partial charge in [0.25, 0.3) is 5.91 Å². The topological polar surface area (TPSA) is 119 Å². The summed E-state index contributed by atoms with van der Waals surface area (Å²) >= 11 is 2.57. The predicted molar refractivity (Wildman–Crippen MR) is 88.3 cm³/mol. The number of fused-ring (bicyclic) bond motifs is 1. The standard InChI is InChI=1S/C14H15N3O5S2/c1-14(2)9(13(20)21)17-11(19)8(12(17)24-14)15-10(18)7(16-22)6-4-3-5-23-6/h3-5,8-9,12,22H,1-2H3,(H,15,18)(H,20,21). The van der Waals surface area contributed by atoms with E-state index in [1.54, 1.807) is 31.4 Å². The van der Waals surface area contributed by atoms with Gasteiger partial charge in [0, 0.05) is 4.75 Å². The minimum atomic E-state index is -1.07. The van der Waals surface area contributed by atoms with Crippen LogP contribution in [0.15, 0.2) is 22.7 Å². The fourth-order valence-corrected chi connectivity index (χ4v) is 5.31. The van der Waals surface area contributed by atoms with Crippen LogP contribution in [0.5, 0.6) is 0 Å². The fourth-order valence-electron chi connectivity index (χ4n) is 2.97. The lowest BCUT2D eigenvalue weighted by atomic mass is 9.96. The van der Waals surface area contributed by atoms with Gasteiger partial charge in [-0.1, -0.05) is 11.2 Å². The Morgan fingerprint density at radius 1 is 1.42 bits per heavy atom. The van der Waals surface area contributed by atoms with E-state index in [1.165, 1.54) is 28.0 Å². The molecule has 8 nitrogen and oxygen atoms in total. The Morgan fingerprint density at radius 2 is 2.12 bits per heavy atom. The van der Waals surface area contributed by atoms with Gasteiger partial charge in [-0.25, -0.2) is 4.79 Å². The molecule has 3 unspecified atom stereocenters. The molecule has 128 valence electrons. The highest BCUT2D eigenvalue weighted by Gasteiger charge is 2.64. The Kier molecular flexibility index (Phi) is 4.04. The van der Waals surface area contributed by atoms with Crippen molar-refractivity contribution in [2.75, 3.05) is 0 Å². The third-order valence-electron chi connectivity index (χ3n) is 4.03. The highest BCUT2D eigenvalue weighted by molar-refractivity contribution is 8.01. The molecule has 2 aliphatic rings. The van der Waals surface area contributed by atoms with E-state index in [4.69, 9.17) is 5.21 Å². The zero-order valence-electron chi connectivity index (χ0n) is 12.8. The molecule has 3 atom stereocenters. The van der Waals surface area contributed by atoms with Crippen molar-refractivity contribution in [2.45, 2.75) is 36.1 Å². The Bertz CT molecular complexity index is 731. The largest absolute Gasteiger partial charge is 0.480 e. The summed E-state index contributed by atoms with van der Waals surface area (Å²) in [6.07, 6.45) is 0. The Hall–Kier alpha value is -2.07. The highest BCUT2D eigenvalue weighted by atomic mass is 32.2. The minimum Gasteiger partial charge on any atom is -0.480 e. The van der Waals surface area contributed by atoms with Crippen molar-refractivity contribution in [3.8, 4) is 0 Å². The molecule has 24 heavy (non-hydrogen) atoms. The van der Waals surface area contributed by atoms with Crippen LogP contribution >= 0.6 is 23.1 Å². The number of hydrogen-bond donors (Lipinski definition) is 3. The lowest BCUT2D eigenvalue weighted by Crippen LogP contribution is -2.71. The smallest absolute Gasteiger partial charge is 0.327 e. The van der Waals surface area contributed by atoms with Gasteiger partial charge in [-0.05, 0) is 25.3 Å². The Morgan fingerprint density at radius 3 is 2.67 bits per heavy atom. The number of rotatable bonds is 4. The number of carboxylic acid groups (broad SMARTS) is 1. The van der Waals surface area contributed by atoms with Gasteiger partial charge < -0.3 is 20.5 Å². The molecule has 1 aromatic heterocycles. The molecule has 3 rings (SSSR count). The van der Waals surface area contributed by atoms with Crippen molar-refractivity contribution in [1.29, 1.82) is 0 Å². The van der Waals surface area contributed by atoms with Gasteiger partial charge in [0.05, 0.1) is 4.88 Å². The molecule has 0 aromatic carbocycles. The van der Waals surface area contributed by atoms with Crippen molar-refractivity contribution in [2.24, 2.45) is 5.16 Å². The molecule has 10 heteroatoms. The minimum absolute atomic E-state index is 0.173. The number of aliphatic carboxylic acids is 1. The normalized spacial score (nSPS) is 28.2. The number of amides is 2. The van der Waals surface area contributed by atoms with Crippen molar-refractivity contribution < 1.29 is 24.7 Å². The first-order valence-electron chi connectivity index (χ1n) is 7.07. The summed E-state index contributed by atoms with van der Waals surface area (Å²) in [7, 11) is 0. The average molecular weight is 369 g/mol. The van der Waals surface area contributed by atoms with Crippen molar-refractivity contribution >= 4 is 46.6 Å². The number of nitrogens with one attached hydrogen (secondary N) is 1. The number of hydrogen-bond acceptors (Lipinski definition) is 7. The SMILES string of the molecule is CC1(C)SC2C(NC(=O)C(=NO)c3cccs3)C(=O)N2C1C(=O)O. The number of oxime groups is 1. The van der Waals surface area contributed by atoms with E-state index in [9.17, 15) is 19.5 Å². The second kappa shape index (κ2) is 5.78. The van der Waals surface area contributed by atoms with E-state index >= 15 is 0 Å². The first-order chi connectivity index (χ1) is 11.3. The number of carbonyl (C=O) groups excluding carboxylic acids is 2. The predicted octanol–water partition coefficient (Wildman–Crippen LogP) is 0.558. The molecule has 2 aliphatic heterocycles. The zero-order valence-corrected chi connectivity index (χ0v) is 14.4. The quantitative estimate of drug-likeness (QED) is 0.309. The maximum absolute atomic E-state index is 12.3. The fraction of sp³-hybridized carbons (Fsp3) is 0.429. The van der Waals surface area contributed by atoms with Crippen LogP contribution in [0.25, 0.3) is 0 Å². The second-order valence-corrected chi connectivity index (χ2v) is 8.69. The average Bonchev–Trinajstić information content (AvgIpc) is 3.10. The van der Waals surface area contributed by atoms with E-state index in [0.29, 0.717) is 4.88 Å². The van der Waals surface area contributed by atoms with Gasteiger partial charge in [-0.2, -0.15) is 0 Å². The molecule has 3 heterocycles. The van der Waals surface area contributed by atoms with Crippen molar-refractivity contribution in [1.82, 2.24) is 10.2 Å². The Balaban J connectivity index is 1.76. The maximum atomic E-state index is 12.3. The molecule has 2 saturated heterocycles. The number of thioether (sulfide) groups is 1. The summed E-state index contributed by atoms with van der Waals surface area (Å²) in [5.74, 6) is -2.18. The van der Waals surface area contributed by atoms with Crippen LogP contribution in [-0.2, 0) is 14.4 Å². The van der Waals surface area contributed by atoms with Crippen molar-refractivity contribution in [3.05, 3.63) is 22.4 Å². The highest BCUT2D eigenvalue weighted by Crippen LogP contribution is 2.50. The van der Waals surface area contributed by atoms with E-state index in [2.05, 4.69) is 10.5 Å². The molecule has 3 N–H and O–H groups in total. The third-order valence-corrected chi connectivity index (χ3v) is 6.48. The van der Waals surface area contributed by atoms with Crippen LogP contribution < -0.4 is 5.32 Å². The number of thiophene rings is 1. The second-order valence-electron chi connectivity index (χ2n) is 5.98. The van der Waals surface area contributed by atoms with Gasteiger partial charge in [-0.15, -0.1) is 23.1 Å². The van der Waals surface area contributed by atoms with Crippen molar-refractivity contribution in [3.63, 3.8) is 0 Å². The lowest BCUT2D eigenvalue weighted by molar-refractivity contribution is -0.160. The molecule has 2 fully saturated rings. The number of nitrogens with zero attached hydrogens (tertiary/aromatic N) is 2. The monoisotopic (exact) mass is 369 g/mol. The Labute approximate surface area is 145 Å². The van der Waals surface area contributed by atoms with E-state index in [0.717, 1.165) is 0 Å². The zero-order chi connectivity index (χ0) is 17.6. The van der Waals surface area contributed by atoms with Crippen LogP contribution in [0, 0.1) is 0 Å². The molecular formula is C14H15N3O5S2. The van der Waals surface area contributed by atoms with Crippen LogP contribution in [0.4, 0.5) is 0 Å². The van der Waals surface area contributed by atoms with Crippen LogP contribution in [0.1, 0.15) is 18.7 Å². The van der Waals surface area contributed by atoms with E-state index < -0.39 is 40.0 Å². The summed E-state index contributed by atoms with van der Waals surface area (Å²) < 4.78 is -0.659.